The molecule has 0 aliphatic heterocycles. The number of hydrogen-bond acceptors (Lipinski definition) is 6. The van der Waals surface area contributed by atoms with Crippen LogP contribution < -0.4 is 22.1 Å². The fourth-order valence-electron chi connectivity index (χ4n) is 1.40. The summed E-state index contributed by atoms with van der Waals surface area (Å²) in [7, 11) is 0. The minimum Gasteiger partial charge on any atom is -0.480 e. The standard InChI is InChI=1S/C11H22N4O4/c1-7(14-9(16)6-13)10(17)15-8(11(18)19)4-2-3-5-12/h7-8H,2-6,12-13H2,1H3,(H,14,16)(H,15,17)(H,18,19)/t7-,8-/m0/s1/i/hD. The zero-order valence-electron chi connectivity index (χ0n) is 12.0. The summed E-state index contributed by atoms with van der Waals surface area (Å²) < 4.78 is 6.60. The lowest BCUT2D eigenvalue weighted by atomic mass is 10.1. The molecular formula is C11H22N4O4. The van der Waals surface area contributed by atoms with Gasteiger partial charge in [0.05, 0.1) is 6.54 Å². The Labute approximate surface area is 113 Å². The Morgan fingerprint density at radius 1 is 1.26 bits per heavy atom. The van der Waals surface area contributed by atoms with Crippen molar-refractivity contribution < 1.29 is 19.5 Å². The van der Waals surface area contributed by atoms with Gasteiger partial charge in [-0.15, -0.1) is 0 Å². The second-order valence-electron chi connectivity index (χ2n) is 4.16. The van der Waals surface area contributed by atoms with E-state index in [-0.39, 0.29) is 6.54 Å². The van der Waals surface area contributed by atoms with Gasteiger partial charge in [-0.25, -0.2) is 4.79 Å². The number of amides is 2. The molecule has 0 heterocycles. The molecule has 0 aromatic heterocycles. The van der Waals surface area contributed by atoms with Crippen LogP contribution in [0.5, 0.6) is 0 Å². The molecule has 0 fully saturated rings. The largest absolute Gasteiger partial charge is 0.480 e. The summed E-state index contributed by atoms with van der Waals surface area (Å²) in [6, 6.07) is -1.76. The molecule has 0 unspecified atom stereocenters. The summed E-state index contributed by atoms with van der Waals surface area (Å²) in [4.78, 5) is 34.2. The van der Waals surface area contributed by atoms with Crippen LogP contribution in [0.2, 0.25) is 0 Å². The number of nitrogens with two attached hydrogens (primary N) is 2. The summed E-state index contributed by atoms with van der Waals surface area (Å²) in [6.45, 7) is 1.71. The van der Waals surface area contributed by atoms with Gasteiger partial charge in [-0.3, -0.25) is 9.59 Å². The van der Waals surface area contributed by atoms with E-state index in [0.717, 1.165) is 0 Å². The summed E-state index contributed by atoms with van der Waals surface area (Å²) >= 11 is 0. The van der Waals surface area contributed by atoms with E-state index in [1.807, 2.05) is 0 Å². The normalized spacial score (nSPS) is 13.9. The average molecular weight is 275 g/mol. The molecule has 0 saturated carbocycles. The third-order valence-electron chi connectivity index (χ3n) is 2.50. The van der Waals surface area contributed by atoms with Gasteiger partial charge in [-0.2, -0.15) is 0 Å². The van der Waals surface area contributed by atoms with Crippen LogP contribution >= 0.6 is 0 Å². The lowest BCUT2D eigenvalue weighted by Crippen LogP contribution is -2.51. The van der Waals surface area contributed by atoms with Gasteiger partial charge in [0.15, 0.2) is 0 Å². The molecule has 7 N–H and O–H groups in total. The number of carboxylic acid groups (broad SMARTS) is 1. The third-order valence-corrected chi connectivity index (χ3v) is 2.50. The average Bonchev–Trinajstić information content (AvgIpc) is 2.44. The summed E-state index contributed by atoms with van der Waals surface area (Å²) in [5.74, 6) is -1.88. The van der Waals surface area contributed by atoms with Crippen molar-refractivity contribution in [1.29, 1.82) is 1.43 Å². The highest BCUT2D eigenvalue weighted by Crippen LogP contribution is 2.01. The summed E-state index contributed by atoms with van der Waals surface area (Å²) in [5, 5.41) is 8.67. The highest BCUT2D eigenvalue weighted by molar-refractivity contribution is 5.90. The second kappa shape index (κ2) is 9.29. The number of aliphatic carboxylic acids is 1. The van der Waals surface area contributed by atoms with Gasteiger partial charge < -0.3 is 27.2 Å². The van der Waals surface area contributed by atoms with Crippen molar-refractivity contribution in [2.75, 3.05) is 13.1 Å². The van der Waals surface area contributed by atoms with E-state index in [1.165, 1.54) is 6.92 Å². The zero-order valence-corrected chi connectivity index (χ0v) is 11.0. The minimum atomic E-state index is -0.927. The first-order chi connectivity index (χ1) is 9.46. The Morgan fingerprint density at radius 3 is 2.47 bits per heavy atom. The number of nitrogens with one attached hydrogen (secondary N) is 2. The highest BCUT2D eigenvalue weighted by Gasteiger charge is 2.23. The van der Waals surface area contributed by atoms with Crippen molar-refractivity contribution in [3.8, 4) is 0 Å². The van der Waals surface area contributed by atoms with E-state index in [0.29, 0.717) is 25.8 Å². The maximum Gasteiger partial charge on any atom is 0.326 e. The molecule has 0 aromatic carbocycles. The Morgan fingerprint density at radius 2 is 1.95 bits per heavy atom. The molecule has 0 spiro atoms. The summed E-state index contributed by atoms with van der Waals surface area (Å²) in [6.07, 6.45) is 1.62. The zero-order chi connectivity index (χ0) is 15.5. The molecule has 0 aromatic rings. The Balaban J connectivity index is 4.43. The first-order valence-corrected chi connectivity index (χ1v) is 6.13. The van der Waals surface area contributed by atoms with Crippen molar-refractivity contribution >= 4 is 17.8 Å². The van der Waals surface area contributed by atoms with Crippen molar-refractivity contribution in [2.45, 2.75) is 38.3 Å². The lowest BCUT2D eigenvalue weighted by Gasteiger charge is -2.18. The van der Waals surface area contributed by atoms with Crippen LogP contribution in [0.1, 0.15) is 26.2 Å². The minimum absolute atomic E-state index is 0.230. The van der Waals surface area contributed by atoms with Crippen LogP contribution in [0.15, 0.2) is 0 Å². The second-order valence-corrected chi connectivity index (χ2v) is 4.16. The third kappa shape index (κ3) is 7.37. The molecule has 8 nitrogen and oxygen atoms in total. The van der Waals surface area contributed by atoms with Gasteiger partial charge in [0.2, 0.25) is 11.8 Å². The molecule has 0 aliphatic rings. The highest BCUT2D eigenvalue weighted by atomic mass is 16.4. The fourth-order valence-corrected chi connectivity index (χ4v) is 1.40. The van der Waals surface area contributed by atoms with Gasteiger partial charge in [0.1, 0.15) is 12.1 Å². The van der Waals surface area contributed by atoms with Crippen LogP contribution in [0.3, 0.4) is 0 Å². The Hall–Kier alpha value is -1.67. The molecule has 2 atom stereocenters. The summed E-state index contributed by atoms with van der Waals surface area (Å²) in [5.41, 5.74) is 10.5. The number of carboxylic acids is 1. The van der Waals surface area contributed by atoms with Gasteiger partial charge in [0, 0.05) is 0 Å². The predicted molar refractivity (Wildman–Crippen MR) is 69.1 cm³/mol. The lowest BCUT2D eigenvalue weighted by molar-refractivity contribution is -0.142. The first-order valence-electron chi connectivity index (χ1n) is 6.54. The SMILES string of the molecule is [2H]OC(=O)[C@H](CCCCN)NC(=O)[C@H](C)NC(=O)CN. The molecule has 0 radical (unpaired) electrons. The van der Waals surface area contributed by atoms with Gasteiger partial charge in [0.25, 0.3) is 1.43 Å². The Bertz CT molecular complexity index is 340. The molecule has 110 valence electrons. The molecule has 2 amide bonds. The van der Waals surface area contributed by atoms with E-state index in [9.17, 15) is 14.4 Å². The van der Waals surface area contributed by atoms with Crippen molar-refractivity contribution in [3.05, 3.63) is 0 Å². The van der Waals surface area contributed by atoms with Crippen molar-refractivity contribution in [3.63, 3.8) is 0 Å². The van der Waals surface area contributed by atoms with Crippen LogP contribution in [-0.2, 0) is 14.4 Å². The smallest absolute Gasteiger partial charge is 0.326 e. The van der Waals surface area contributed by atoms with Crippen LogP contribution in [-0.4, -0.2) is 48.1 Å². The molecule has 19 heavy (non-hydrogen) atoms. The van der Waals surface area contributed by atoms with Gasteiger partial charge in [-0.1, -0.05) is 0 Å². The quantitative estimate of drug-likeness (QED) is 0.312. The monoisotopic (exact) mass is 275 g/mol. The fraction of sp³-hybridized carbons (Fsp3) is 0.727. The van der Waals surface area contributed by atoms with E-state index in [2.05, 4.69) is 15.7 Å². The molecule has 0 rings (SSSR count). The van der Waals surface area contributed by atoms with Gasteiger partial charge >= 0.3 is 5.97 Å². The van der Waals surface area contributed by atoms with Crippen molar-refractivity contribution in [1.82, 2.24) is 10.6 Å². The topological polar surface area (TPSA) is 148 Å². The van der Waals surface area contributed by atoms with E-state index >= 15 is 0 Å². The molecule has 0 bridgehead atoms. The molecular weight excluding hydrogens is 252 g/mol. The van der Waals surface area contributed by atoms with Crippen molar-refractivity contribution in [2.24, 2.45) is 11.5 Å². The Kier molecular flexibility index (Phi) is 7.52. The number of carbonyl (C=O) groups is 3. The van der Waals surface area contributed by atoms with Crippen LogP contribution in [0.25, 0.3) is 1.43 Å². The van der Waals surface area contributed by atoms with Gasteiger partial charge in [-0.05, 0) is 32.7 Å². The van der Waals surface area contributed by atoms with Crippen LogP contribution in [0, 0.1) is 0 Å². The molecule has 8 heteroatoms. The number of unbranched alkanes of at least 4 members (excludes halogenated alkanes) is 1. The molecule has 0 aliphatic carbocycles. The predicted octanol–water partition coefficient (Wildman–Crippen LogP) is -1.85. The maximum absolute atomic E-state index is 11.8. The van der Waals surface area contributed by atoms with Crippen LogP contribution in [0.4, 0.5) is 0 Å². The first kappa shape index (κ1) is 15.4. The van der Waals surface area contributed by atoms with E-state index < -0.39 is 29.9 Å². The van der Waals surface area contributed by atoms with E-state index in [1.54, 1.807) is 0 Å². The number of hydrogen-bond donors (Lipinski definition) is 5. The van der Waals surface area contributed by atoms with E-state index in [4.69, 9.17) is 12.9 Å². The molecule has 0 saturated heterocycles. The maximum atomic E-state index is 11.8. The number of rotatable bonds is 9. The number of carbonyl (C=O) groups excluding carboxylic acids is 2.